The van der Waals surface area contributed by atoms with Gasteiger partial charge in [0.1, 0.15) is 19.8 Å². The Kier molecular flexibility index (Phi) is 63.4. The number of quaternary nitrogens is 1. The first-order valence-corrected chi connectivity index (χ1v) is 37.5. The minimum atomic E-state index is -4.40. The van der Waals surface area contributed by atoms with Crippen LogP contribution in [0, 0.1) is 0 Å². The van der Waals surface area contributed by atoms with Crippen LogP contribution >= 0.6 is 7.82 Å². The number of phosphoric acid groups is 1. The maximum atomic E-state index is 12.8. The monoisotopic (exact) mass is 1200 g/mol. The van der Waals surface area contributed by atoms with E-state index in [1.807, 2.05) is 21.1 Å². The second-order valence-electron chi connectivity index (χ2n) is 25.6. The number of allylic oxidation sites excluding steroid dienone is 10. The highest BCUT2D eigenvalue weighted by Crippen LogP contribution is 2.43. The molecule has 10 heteroatoms. The number of phosphoric ester groups is 1. The first kappa shape index (κ1) is 81.7. The second-order valence-corrected chi connectivity index (χ2v) is 27.1. The molecular formula is C74H139NO8P+. The van der Waals surface area contributed by atoms with Crippen molar-refractivity contribution in [2.24, 2.45) is 0 Å². The Morgan fingerprint density at radius 2 is 0.679 bits per heavy atom. The molecule has 0 saturated heterocycles. The number of hydrogen-bond donors (Lipinski definition) is 1. The molecule has 0 aromatic carbocycles. The molecule has 0 amide bonds. The molecule has 2 atom stereocenters. The molecule has 0 aliphatic rings. The zero-order valence-corrected chi connectivity index (χ0v) is 57.0. The number of ether oxygens (including phenoxy) is 2. The average Bonchev–Trinajstić information content (AvgIpc) is 3.61. The lowest BCUT2D eigenvalue weighted by atomic mass is 10.0. The van der Waals surface area contributed by atoms with Crippen molar-refractivity contribution in [1.29, 1.82) is 0 Å². The molecule has 0 spiro atoms. The molecule has 1 N–H and O–H groups in total. The van der Waals surface area contributed by atoms with Gasteiger partial charge in [0.2, 0.25) is 0 Å². The van der Waals surface area contributed by atoms with Crippen molar-refractivity contribution in [3.63, 3.8) is 0 Å². The minimum absolute atomic E-state index is 0.0266. The molecule has 0 fully saturated rings. The van der Waals surface area contributed by atoms with Crippen LogP contribution in [0.5, 0.6) is 0 Å². The molecule has 0 heterocycles. The quantitative estimate of drug-likeness (QED) is 0.0211. The summed E-state index contributed by atoms with van der Waals surface area (Å²) in [5.74, 6) is -0.808. The molecule has 492 valence electrons. The van der Waals surface area contributed by atoms with Crippen LogP contribution in [0.2, 0.25) is 0 Å². The summed E-state index contributed by atoms with van der Waals surface area (Å²) >= 11 is 0. The predicted octanol–water partition coefficient (Wildman–Crippen LogP) is 23.4. The molecule has 0 aromatic rings. The van der Waals surface area contributed by atoms with Crippen molar-refractivity contribution in [2.75, 3.05) is 47.5 Å². The summed E-state index contributed by atoms with van der Waals surface area (Å²) in [7, 11) is 1.47. The van der Waals surface area contributed by atoms with Gasteiger partial charge in [-0.25, -0.2) is 4.57 Å². The van der Waals surface area contributed by atoms with Crippen molar-refractivity contribution in [1.82, 2.24) is 0 Å². The number of likely N-dealkylation sites (N-methyl/N-ethyl adjacent to an activating group) is 1. The van der Waals surface area contributed by atoms with Gasteiger partial charge in [-0.15, -0.1) is 0 Å². The molecule has 9 nitrogen and oxygen atoms in total. The van der Waals surface area contributed by atoms with E-state index in [0.29, 0.717) is 17.4 Å². The van der Waals surface area contributed by atoms with Gasteiger partial charge in [0.25, 0.3) is 0 Å². The fraction of sp³-hybridized carbons (Fsp3) is 0.838. The van der Waals surface area contributed by atoms with Crippen LogP contribution in [-0.4, -0.2) is 74.9 Å². The highest BCUT2D eigenvalue weighted by molar-refractivity contribution is 7.47. The molecule has 0 aliphatic carbocycles. The fourth-order valence-corrected chi connectivity index (χ4v) is 11.3. The van der Waals surface area contributed by atoms with Gasteiger partial charge >= 0.3 is 19.8 Å². The maximum Gasteiger partial charge on any atom is 0.472 e. The van der Waals surface area contributed by atoms with Crippen molar-refractivity contribution in [3.05, 3.63) is 60.8 Å². The van der Waals surface area contributed by atoms with Crippen LogP contribution in [0.4, 0.5) is 0 Å². The van der Waals surface area contributed by atoms with E-state index in [1.165, 1.54) is 231 Å². The van der Waals surface area contributed by atoms with E-state index in [2.05, 4.69) is 74.6 Å². The lowest BCUT2D eigenvalue weighted by molar-refractivity contribution is -0.870. The lowest BCUT2D eigenvalue weighted by Gasteiger charge is -2.24. The molecule has 0 rings (SSSR count). The van der Waals surface area contributed by atoms with E-state index in [4.69, 9.17) is 18.5 Å². The van der Waals surface area contributed by atoms with Gasteiger partial charge in [0.05, 0.1) is 27.7 Å². The van der Waals surface area contributed by atoms with E-state index in [0.717, 1.165) is 83.5 Å². The summed E-state index contributed by atoms with van der Waals surface area (Å²) in [5.41, 5.74) is 0. The zero-order valence-electron chi connectivity index (χ0n) is 56.1. The number of carbonyl (C=O) groups is 2. The van der Waals surface area contributed by atoms with Crippen molar-refractivity contribution in [3.8, 4) is 0 Å². The first-order valence-electron chi connectivity index (χ1n) is 36.0. The van der Waals surface area contributed by atoms with Gasteiger partial charge in [0, 0.05) is 12.8 Å². The van der Waals surface area contributed by atoms with Crippen LogP contribution < -0.4 is 0 Å². The Hall–Kier alpha value is -2.29. The molecule has 0 aromatic heterocycles. The Morgan fingerprint density at radius 3 is 1.01 bits per heavy atom. The third kappa shape index (κ3) is 68.8. The van der Waals surface area contributed by atoms with Gasteiger partial charge in [-0.3, -0.25) is 18.6 Å². The van der Waals surface area contributed by atoms with Crippen molar-refractivity contribution < 1.29 is 42.1 Å². The Morgan fingerprint density at radius 1 is 0.381 bits per heavy atom. The summed E-state index contributed by atoms with van der Waals surface area (Å²) in [6.07, 6.45) is 86.5. The second kappa shape index (κ2) is 65.2. The number of nitrogens with zero attached hydrogens (tertiary/aromatic N) is 1. The standard InChI is InChI=1S/C74H138NO8P/c1-6-8-10-12-14-16-18-20-22-24-26-28-29-30-31-32-33-34-35-36-37-38-39-40-41-42-43-44-45-47-48-50-52-54-56-58-60-62-64-66-73(76)80-70-72(71-82-84(78,79)81-69-68-75(3,4)5)83-74(77)67-65-63-61-59-57-55-53-51-49-46-27-25-23-21-19-17-15-13-11-9-7-2/h9,11,15,17,21,23,27,46,51,53,72H,6-8,10,12-14,16,18-20,22,24-26,28-45,47-50,52,54-71H2,1-5H3/p+1/b11-9-,17-15-,23-21-,46-27-,53-51-. The largest absolute Gasteiger partial charge is 0.472 e. The van der Waals surface area contributed by atoms with Crippen LogP contribution in [-0.2, 0) is 32.7 Å². The predicted molar refractivity (Wildman–Crippen MR) is 363 cm³/mol. The van der Waals surface area contributed by atoms with Crippen LogP contribution in [0.3, 0.4) is 0 Å². The number of unbranched alkanes of at least 4 members (excludes halogenated alkanes) is 43. The first-order chi connectivity index (χ1) is 41.0. The Balaban J connectivity index is 3.91. The Bertz CT molecular complexity index is 1600. The molecule has 0 aliphatic heterocycles. The van der Waals surface area contributed by atoms with Gasteiger partial charge in [-0.1, -0.05) is 338 Å². The molecule has 0 saturated carbocycles. The van der Waals surface area contributed by atoms with E-state index >= 15 is 0 Å². The van der Waals surface area contributed by atoms with Crippen molar-refractivity contribution >= 4 is 19.8 Å². The third-order valence-electron chi connectivity index (χ3n) is 16.1. The third-order valence-corrected chi connectivity index (χ3v) is 17.0. The van der Waals surface area contributed by atoms with E-state index in [-0.39, 0.29) is 32.0 Å². The molecule has 84 heavy (non-hydrogen) atoms. The summed E-state index contributed by atoms with van der Waals surface area (Å²) < 4.78 is 34.7. The number of esters is 2. The summed E-state index contributed by atoms with van der Waals surface area (Å²) in [6, 6.07) is 0. The maximum absolute atomic E-state index is 12.8. The van der Waals surface area contributed by atoms with Gasteiger partial charge in [-0.2, -0.15) is 0 Å². The topological polar surface area (TPSA) is 108 Å². The molecule has 0 bridgehead atoms. The minimum Gasteiger partial charge on any atom is -0.462 e. The van der Waals surface area contributed by atoms with Crippen LogP contribution in [0.1, 0.15) is 348 Å². The molecular weight excluding hydrogens is 1060 g/mol. The SMILES string of the molecule is CC/C=C\C/C=C\C/C=C\C/C=C\C/C=C\CCCCCCCC(=O)OC(COC(=O)CCCCCCCCCCCCCCCCCCCCCCCCCCCCCCCCCCCCCCCCC)COP(=O)(O)OCC[N+](C)(C)C. The van der Waals surface area contributed by atoms with E-state index in [1.54, 1.807) is 0 Å². The lowest BCUT2D eigenvalue weighted by Crippen LogP contribution is -2.37. The number of carbonyl (C=O) groups excluding carboxylic acids is 2. The summed E-state index contributed by atoms with van der Waals surface area (Å²) in [6.45, 7) is 4.34. The molecule has 0 radical (unpaired) electrons. The molecule has 2 unspecified atom stereocenters. The zero-order chi connectivity index (χ0) is 61.2. The average molecular weight is 1200 g/mol. The van der Waals surface area contributed by atoms with E-state index in [9.17, 15) is 19.0 Å². The highest BCUT2D eigenvalue weighted by atomic mass is 31.2. The summed E-state index contributed by atoms with van der Waals surface area (Å²) in [4.78, 5) is 35.8. The van der Waals surface area contributed by atoms with E-state index < -0.39 is 26.5 Å². The smallest absolute Gasteiger partial charge is 0.462 e. The van der Waals surface area contributed by atoms with Gasteiger partial charge < -0.3 is 18.9 Å². The van der Waals surface area contributed by atoms with Crippen molar-refractivity contribution in [2.45, 2.75) is 354 Å². The van der Waals surface area contributed by atoms with Crippen LogP contribution in [0.15, 0.2) is 60.8 Å². The van der Waals surface area contributed by atoms with Gasteiger partial charge in [0.15, 0.2) is 6.10 Å². The summed E-state index contributed by atoms with van der Waals surface area (Å²) in [5, 5.41) is 0. The Labute approximate surface area is 521 Å². The van der Waals surface area contributed by atoms with Crippen LogP contribution in [0.25, 0.3) is 0 Å². The number of hydrogen-bond acceptors (Lipinski definition) is 7. The normalized spacial score (nSPS) is 13.5. The fourth-order valence-electron chi connectivity index (χ4n) is 10.6. The number of rotatable bonds is 67. The van der Waals surface area contributed by atoms with Gasteiger partial charge in [-0.05, 0) is 57.8 Å². The highest BCUT2D eigenvalue weighted by Gasteiger charge is 2.27.